The van der Waals surface area contributed by atoms with E-state index < -0.39 is 0 Å². The average molecular weight is 260 g/mol. The first-order valence-corrected chi connectivity index (χ1v) is 7.43. The Morgan fingerprint density at radius 2 is 1.84 bits per heavy atom. The second-order valence-electron chi connectivity index (χ2n) is 5.64. The molecule has 1 aromatic carbocycles. The Morgan fingerprint density at radius 1 is 1.21 bits per heavy atom. The van der Waals surface area contributed by atoms with E-state index in [1.165, 1.54) is 5.56 Å². The summed E-state index contributed by atoms with van der Waals surface area (Å²) < 4.78 is 5.52. The molecule has 0 heterocycles. The standard InChI is InChI=1S/C17H24O2/c1-3-4-13-19-16(18)17(11-5-6-12-17)15-9-7-14(2)8-10-15/h7-10H,3-6,11-13H2,1-2H3. The highest BCUT2D eigenvalue weighted by Crippen LogP contribution is 2.42. The molecule has 0 radical (unpaired) electrons. The Kier molecular flexibility index (Phi) is 4.62. The molecule has 104 valence electrons. The van der Waals surface area contributed by atoms with E-state index in [4.69, 9.17) is 4.74 Å². The molecule has 1 aromatic rings. The molecular weight excluding hydrogens is 236 g/mol. The van der Waals surface area contributed by atoms with Gasteiger partial charge in [0.2, 0.25) is 0 Å². The summed E-state index contributed by atoms with van der Waals surface area (Å²) in [5.74, 6) is -0.0118. The maximum Gasteiger partial charge on any atom is 0.316 e. The molecular formula is C17H24O2. The summed E-state index contributed by atoms with van der Waals surface area (Å²) in [7, 11) is 0. The van der Waals surface area contributed by atoms with Crippen LogP contribution in [0.25, 0.3) is 0 Å². The number of ether oxygens (including phenoxy) is 1. The summed E-state index contributed by atoms with van der Waals surface area (Å²) in [5.41, 5.74) is 2.00. The van der Waals surface area contributed by atoms with E-state index in [2.05, 4.69) is 38.1 Å². The van der Waals surface area contributed by atoms with Crippen LogP contribution >= 0.6 is 0 Å². The molecule has 1 aliphatic rings. The molecule has 2 nitrogen and oxygen atoms in total. The zero-order valence-electron chi connectivity index (χ0n) is 12.1. The number of carbonyl (C=O) groups is 1. The number of hydrogen-bond donors (Lipinski definition) is 0. The predicted octanol–water partition coefficient (Wildman–Crippen LogP) is 4.15. The Morgan fingerprint density at radius 3 is 2.42 bits per heavy atom. The molecule has 2 heteroatoms. The highest BCUT2D eigenvalue weighted by atomic mass is 16.5. The van der Waals surface area contributed by atoms with Crippen LogP contribution in [0.5, 0.6) is 0 Å². The number of aryl methyl sites for hydroxylation is 1. The first kappa shape index (κ1) is 14.1. The third-order valence-electron chi connectivity index (χ3n) is 4.18. The van der Waals surface area contributed by atoms with Crippen molar-refractivity contribution in [3.05, 3.63) is 35.4 Å². The van der Waals surface area contributed by atoms with Gasteiger partial charge in [-0.05, 0) is 31.7 Å². The lowest BCUT2D eigenvalue weighted by Gasteiger charge is -2.27. The van der Waals surface area contributed by atoms with Gasteiger partial charge in [-0.2, -0.15) is 0 Å². The molecule has 0 unspecified atom stereocenters. The van der Waals surface area contributed by atoms with Crippen molar-refractivity contribution in [1.29, 1.82) is 0 Å². The SMILES string of the molecule is CCCCOC(=O)C1(c2ccc(C)cc2)CCCC1. The molecule has 1 saturated carbocycles. The van der Waals surface area contributed by atoms with Crippen LogP contribution < -0.4 is 0 Å². The number of unbranched alkanes of at least 4 members (excludes halogenated alkanes) is 1. The fraction of sp³-hybridized carbons (Fsp3) is 0.588. The van der Waals surface area contributed by atoms with Crippen LogP contribution in [0.4, 0.5) is 0 Å². The van der Waals surface area contributed by atoms with Crippen LogP contribution in [0.2, 0.25) is 0 Å². The molecule has 0 amide bonds. The van der Waals surface area contributed by atoms with E-state index in [1.807, 2.05) is 0 Å². The second-order valence-corrected chi connectivity index (χ2v) is 5.64. The highest BCUT2D eigenvalue weighted by Gasteiger charge is 2.43. The first-order valence-electron chi connectivity index (χ1n) is 7.43. The van der Waals surface area contributed by atoms with E-state index in [9.17, 15) is 4.79 Å². The van der Waals surface area contributed by atoms with Gasteiger partial charge in [0.25, 0.3) is 0 Å². The molecule has 0 N–H and O–H groups in total. The summed E-state index contributed by atoms with van der Waals surface area (Å²) in [5, 5.41) is 0. The molecule has 0 bridgehead atoms. The highest BCUT2D eigenvalue weighted by molar-refractivity contribution is 5.83. The average Bonchev–Trinajstić information content (AvgIpc) is 2.90. The topological polar surface area (TPSA) is 26.3 Å². The van der Waals surface area contributed by atoms with Crippen LogP contribution in [-0.4, -0.2) is 12.6 Å². The van der Waals surface area contributed by atoms with Gasteiger partial charge in [-0.25, -0.2) is 0 Å². The van der Waals surface area contributed by atoms with Crippen molar-refractivity contribution < 1.29 is 9.53 Å². The van der Waals surface area contributed by atoms with Gasteiger partial charge < -0.3 is 4.74 Å². The Labute approximate surface area is 116 Å². The van der Waals surface area contributed by atoms with Crippen molar-refractivity contribution in [1.82, 2.24) is 0 Å². The van der Waals surface area contributed by atoms with Gasteiger partial charge in [0.1, 0.15) is 0 Å². The minimum absolute atomic E-state index is 0.0118. The van der Waals surface area contributed by atoms with Gasteiger partial charge in [0.15, 0.2) is 0 Å². The molecule has 0 spiro atoms. The lowest BCUT2D eigenvalue weighted by Crippen LogP contribution is -2.35. The third kappa shape index (κ3) is 2.99. The fourth-order valence-electron chi connectivity index (χ4n) is 2.91. The molecule has 0 atom stereocenters. The molecule has 19 heavy (non-hydrogen) atoms. The van der Waals surface area contributed by atoms with E-state index in [-0.39, 0.29) is 11.4 Å². The van der Waals surface area contributed by atoms with Gasteiger partial charge in [0.05, 0.1) is 12.0 Å². The summed E-state index contributed by atoms with van der Waals surface area (Å²) in [6, 6.07) is 8.38. The van der Waals surface area contributed by atoms with Crippen molar-refractivity contribution in [3.8, 4) is 0 Å². The first-order chi connectivity index (χ1) is 9.19. The van der Waals surface area contributed by atoms with Crippen LogP contribution in [0.1, 0.15) is 56.6 Å². The predicted molar refractivity (Wildman–Crippen MR) is 77.2 cm³/mol. The zero-order valence-corrected chi connectivity index (χ0v) is 12.1. The van der Waals surface area contributed by atoms with Gasteiger partial charge >= 0.3 is 5.97 Å². The number of esters is 1. The van der Waals surface area contributed by atoms with E-state index in [0.717, 1.165) is 44.1 Å². The molecule has 0 saturated heterocycles. The van der Waals surface area contributed by atoms with E-state index in [1.54, 1.807) is 0 Å². The molecule has 1 fully saturated rings. The van der Waals surface area contributed by atoms with Crippen molar-refractivity contribution in [2.75, 3.05) is 6.61 Å². The van der Waals surface area contributed by atoms with Crippen molar-refractivity contribution in [3.63, 3.8) is 0 Å². The minimum Gasteiger partial charge on any atom is -0.465 e. The van der Waals surface area contributed by atoms with Gasteiger partial charge in [-0.1, -0.05) is 56.0 Å². The molecule has 0 aromatic heterocycles. The van der Waals surface area contributed by atoms with Gasteiger partial charge in [-0.3, -0.25) is 4.79 Å². The quantitative estimate of drug-likeness (QED) is 0.587. The Bertz CT molecular complexity index is 413. The van der Waals surface area contributed by atoms with Crippen LogP contribution in [0.3, 0.4) is 0 Å². The summed E-state index contributed by atoms with van der Waals surface area (Å²) in [6.45, 7) is 4.74. The Balaban J connectivity index is 2.17. The second kappa shape index (κ2) is 6.23. The van der Waals surface area contributed by atoms with E-state index in [0.29, 0.717) is 6.61 Å². The van der Waals surface area contributed by atoms with Crippen molar-refractivity contribution in [2.24, 2.45) is 0 Å². The monoisotopic (exact) mass is 260 g/mol. The Hall–Kier alpha value is -1.31. The maximum atomic E-state index is 12.5. The molecule has 2 rings (SSSR count). The number of rotatable bonds is 5. The molecule has 1 aliphatic carbocycles. The maximum absolute atomic E-state index is 12.5. The lowest BCUT2D eigenvalue weighted by molar-refractivity contribution is -0.150. The summed E-state index contributed by atoms with van der Waals surface area (Å²) in [4.78, 5) is 12.5. The van der Waals surface area contributed by atoms with Crippen molar-refractivity contribution in [2.45, 2.75) is 57.8 Å². The molecule has 0 aliphatic heterocycles. The summed E-state index contributed by atoms with van der Waals surface area (Å²) >= 11 is 0. The minimum atomic E-state index is -0.374. The zero-order chi connectivity index (χ0) is 13.7. The number of carbonyl (C=O) groups excluding carboxylic acids is 1. The lowest BCUT2D eigenvalue weighted by atomic mass is 9.78. The normalized spacial score (nSPS) is 17.4. The largest absolute Gasteiger partial charge is 0.465 e. The van der Waals surface area contributed by atoms with E-state index >= 15 is 0 Å². The van der Waals surface area contributed by atoms with Crippen LogP contribution in [0, 0.1) is 6.92 Å². The van der Waals surface area contributed by atoms with Gasteiger partial charge in [0, 0.05) is 0 Å². The van der Waals surface area contributed by atoms with Crippen molar-refractivity contribution >= 4 is 5.97 Å². The summed E-state index contributed by atoms with van der Waals surface area (Å²) in [6.07, 6.45) is 6.12. The third-order valence-corrected chi connectivity index (χ3v) is 4.18. The smallest absolute Gasteiger partial charge is 0.316 e. The fourth-order valence-corrected chi connectivity index (χ4v) is 2.91. The number of benzene rings is 1. The van der Waals surface area contributed by atoms with Gasteiger partial charge in [-0.15, -0.1) is 0 Å². The van der Waals surface area contributed by atoms with Crippen LogP contribution in [-0.2, 0) is 14.9 Å². The number of hydrogen-bond acceptors (Lipinski definition) is 2. The van der Waals surface area contributed by atoms with Crippen LogP contribution in [0.15, 0.2) is 24.3 Å².